The van der Waals surface area contributed by atoms with Crippen LogP contribution in [0.15, 0.2) is 0 Å². The molecule has 0 fully saturated rings. The van der Waals surface area contributed by atoms with Crippen LogP contribution in [-0.4, -0.2) is 45.0 Å². The van der Waals surface area contributed by atoms with Crippen molar-refractivity contribution in [3.05, 3.63) is 0 Å². The molecule has 11 heavy (non-hydrogen) atoms. The lowest BCUT2D eigenvalue weighted by molar-refractivity contribution is -0.108. The van der Waals surface area contributed by atoms with Crippen LogP contribution in [0.5, 0.6) is 0 Å². The normalized spacial score (nSPS) is 10.5. The second-order valence-corrected chi connectivity index (χ2v) is 2.60. The minimum atomic E-state index is 0.664. The standard InChI is InChI=1S/C8H17NO2/c1-9(6-8-11-2)5-3-4-7-10/h7H,3-6,8H2,1-2H3. The minimum Gasteiger partial charge on any atom is -0.383 e. The van der Waals surface area contributed by atoms with Gasteiger partial charge in [-0.05, 0) is 20.0 Å². The molecule has 0 saturated carbocycles. The lowest BCUT2D eigenvalue weighted by atomic mass is 10.3. The van der Waals surface area contributed by atoms with Crippen molar-refractivity contribution in [3.63, 3.8) is 0 Å². The van der Waals surface area contributed by atoms with Gasteiger partial charge in [-0.1, -0.05) is 0 Å². The van der Waals surface area contributed by atoms with E-state index in [9.17, 15) is 4.79 Å². The van der Waals surface area contributed by atoms with Gasteiger partial charge in [-0.3, -0.25) is 0 Å². The van der Waals surface area contributed by atoms with Crippen LogP contribution in [-0.2, 0) is 9.53 Å². The highest BCUT2D eigenvalue weighted by Crippen LogP contribution is 1.89. The third-order valence-electron chi connectivity index (χ3n) is 1.54. The van der Waals surface area contributed by atoms with Gasteiger partial charge in [0, 0.05) is 20.1 Å². The molecule has 0 rings (SSSR count). The highest BCUT2D eigenvalue weighted by atomic mass is 16.5. The molecule has 0 saturated heterocycles. The summed E-state index contributed by atoms with van der Waals surface area (Å²) in [5.74, 6) is 0. The van der Waals surface area contributed by atoms with Crippen LogP contribution in [0.4, 0.5) is 0 Å². The van der Waals surface area contributed by atoms with Crippen LogP contribution >= 0.6 is 0 Å². The summed E-state index contributed by atoms with van der Waals surface area (Å²) in [5, 5.41) is 0. The van der Waals surface area contributed by atoms with E-state index in [0.29, 0.717) is 6.42 Å². The molecule has 0 aromatic rings. The van der Waals surface area contributed by atoms with E-state index in [1.165, 1.54) is 0 Å². The van der Waals surface area contributed by atoms with E-state index in [1.54, 1.807) is 7.11 Å². The van der Waals surface area contributed by atoms with Crippen molar-refractivity contribution in [2.24, 2.45) is 0 Å². The van der Waals surface area contributed by atoms with Crippen LogP contribution in [0.2, 0.25) is 0 Å². The van der Waals surface area contributed by atoms with E-state index in [4.69, 9.17) is 4.74 Å². The highest BCUT2D eigenvalue weighted by Gasteiger charge is 1.95. The Labute approximate surface area is 68.3 Å². The zero-order valence-corrected chi connectivity index (χ0v) is 7.38. The quantitative estimate of drug-likeness (QED) is 0.401. The van der Waals surface area contributed by atoms with Gasteiger partial charge in [0.1, 0.15) is 6.29 Å². The SMILES string of the molecule is COCCN(C)CCCC=O. The van der Waals surface area contributed by atoms with Gasteiger partial charge >= 0.3 is 0 Å². The number of carbonyl (C=O) groups excluding carboxylic acids is 1. The van der Waals surface area contributed by atoms with Gasteiger partial charge in [-0.2, -0.15) is 0 Å². The zero-order valence-electron chi connectivity index (χ0n) is 7.38. The molecule has 0 heterocycles. The molecule has 0 bridgehead atoms. The van der Waals surface area contributed by atoms with E-state index < -0.39 is 0 Å². The number of hydrogen-bond acceptors (Lipinski definition) is 3. The van der Waals surface area contributed by atoms with Crippen LogP contribution < -0.4 is 0 Å². The number of likely N-dealkylation sites (N-methyl/N-ethyl adjacent to an activating group) is 1. The first-order chi connectivity index (χ1) is 5.31. The summed E-state index contributed by atoms with van der Waals surface area (Å²) in [5.41, 5.74) is 0. The van der Waals surface area contributed by atoms with E-state index in [0.717, 1.165) is 32.4 Å². The molecule has 0 unspecified atom stereocenters. The summed E-state index contributed by atoms with van der Waals surface area (Å²) in [7, 11) is 3.73. The molecule has 66 valence electrons. The minimum absolute atomic E-state index is 0.664. The molecule has 0 aliphatic heterocycles. The molecule has 0 amide bonds. The van der Waals surface area contributed by atoms with Crippen molar-refractivity contribution in [1.29, 1.82) is 0 Å². The number of rotatable bonds is 7. The fourth-order valence-corrected chi connectivity index (χ4v) is 0.803. The monoisotopic (exact) mass is 159 g/mol. The van der Waals surface area contributed by atoms with Crippen molar-refractivity contribution in [1.82, 2.24) is 4.90 Å². The molecule has 0 aliphatic rings. The Balaban J connectivity index is 3.08. The number of hydrogen-bond donors (Lipinski definition) is 0. The molecule has 0 N–H and O–H groups in total. The van der Waals surface area contributed by atoms with Gasteiger partial charge < -0.3 is 14.4 Å². The van der Waals surface area contributed by atoms with E-state index in [1.807, 2.05) is 7.05 Å². The summed E-state index contributed by atoms with van der Waals surface area (Å²) >= 11 is 0. The molecular weight excluding hydrogens is 142 g/mol. The summed E-state index contributed by atoms with van der Waals surface area (Å²) in [6.45, 7) is 2.68. The predicted molar refractivity (Wildman–Crippen MR) is 44.7 cm³/mol. The van der Waals surface area contributed by atoms with Crippen LogP contribution in [0.25, 0.3) is 0 Å². The lowest BCUT2D eigenvalue weighted by Crippen LogP contribution is -2.23. The Morgan fingerprint density at radius 2 is 2.18 bits per heavy atom. The molecule has 0 atom stereocenters. The first-order valence-corrected chi connectivity index (χ1v) is 3.92. The fraction of sp³-hybridized carbons (Fsp3) is 0.875. The van der Waals surface area contributed by atoms with Crippen molar-refractivity contribution < 1.29 is 9.53 Å². The Morgan fingerprint density at radius 1 is 1.45 bits per heavy atom. The average Bonchev–Trinajstić information content (AvgIpc) is 2.01. The van der Waals surface area contributed by atoms with Gasteiger partial charge in [-0.25, -0.2) is 0 Å². The highest BCUT2D eigenvalue weighted by molar-refractivity contribution is 5.48. The third kappa shape index (κ3) is 7.49. The Kier molecular flexibility index (Phi) is 7.41. The molecule has 3 heteroatoms. The molecule has 0 aromatic heterocycles. The van der Waals surface area contributed by atoms with Gasteiger partial charge in [-0.15, -0.1) is 0 Å². The molecule has 0 spiro atoms. The second kappa shape index (κ2) is 7.69. The summed E-state index contributed by atoms with van der Waals surface area (Å²) < 4.78 is 4.91. The molecule has 0 aliphatic carbocycles. The number of unbranched alkanes of at least 4 members (excludes halogenated alkanes) is 1. The predicted octanol–water partition coefficient (Wildman–Crippen LogP) is 0.544. The van der Waals surface area contributed by atoms with E-state index in [-0.39, 0.29) is 0 Å². The summed E-state index contributed by atoms with van der Waals surface area (Å²) in [4.78, 5) is 12.1. The van der Waals surface area contributed by atoms with Crippen molar-refractivity contribution in [2.45, 2.75) is 12.8 Å². The van der Waals surface area contributed by atoms with Crippen molar-refractivity contribution in [3.8, 4) is 0 Å². The summed E-state index contributed by atoms with van der Waals surface area (Å²) in [6.07, 6.45) is 2.57. The van der Waals surface area contributed by atoms with Gasteiger partial charge in [0.25, 0.3) is 0 Å². The number of nitrogens with zero attached hydrogens (tertiary/aromatic N) is 1. The Bertz CT molecular complexity index is 96.1. The maximum absolute atomic E-state index is 9.96. The van der Waals surface area contributed by atoms with E-state index >= 15 is 0 Å². The molecule has 3 nitrogen and oxygen atoms in total. The van der Waals surface area contributed by atoms with Gasteiger partial charge in [0.15, 0.2) is 0 Å². The maximum atomic E-state index is 9.96. The lowest BCUT2D eigenvalue weighted by Gasteiger charge is -2.14. The number of methoxy groups -OCH3 is 1. The third-order valence-corrected chi connectivity index (χ3v) is 1.54. The Morgan fingerprint density at radius 3 is 2.73 bits per heavy atom. The Hall–Kier alpha value is -0.410. The second-order valence-electron chi connectivity index (χ2n) is 2.60. The first-order valence-electron chi connectivity index (χ1n) is 3.92. The van der Waals surface area contributed by atoms with Crippen molar-refractivity contribution in [2.75, 3.05) is 33.9 Å². The topological polar surface area (TPSA) is 29.5 Å². The van der Waals surface area contributed by atoms with Gasteiger partial charge in [0.2, 0.25) is 0 Å². The fourth-order valence-electron chi connectivity index (χ4n) is 0.803. The van der Waals surface area contributed by atoms with Gasteiger partial charge in [0.05, 0.1) is 6.61 Å². The number of carbonyl (C=O) groups is 1. The summed E-state index contributed by atoms with van der Waals surface area (Å²) in [6, 6.07) is 0. The largest absolute Gasteiger partial charge is 0.383 e. The number of ether oxygens (including phenoxy) is 1. The molecular formula is C8H17NO2. The maximum Gasteiger partial charge on any atom is 0.120 e. The molecule has 0 aromatic carbocycles. The van der Waals surface area contributed by atoms with Crippen LogP contribution in [0.1, 0.15) is 12.8 Å². The average molecular weight is 159 g/mol. The van der Waals surface area contributed by atoms with Crippen molar-refractivity contribution >= 4 is 6.29 Å². The first kappa shape index (κ1) is 10.6. The zero-order chi connectivity index (χ0) is 8.53. The van der Waals surface area contributed by atoms with Crippen LogP contribution in [0, 0.1) is 0 Å². The van der Waals surface area contributed by atoms with Crippen LogP contribution in [0.3, 0.4) is 0 Å². The smallest absolute Gasteiger partial charge is 0.120 e. The van der Waals surface area contributed by atoms with E-state index in [2.05, 4.69) is 4.90 Å². The number of aldehydes is 1. The molecule has 0 radical (unpaired) electrons.